The number of aryl methyl sites for hydroxylation is 2. The van der Waals surface area contributed by atoms with Crippen LogP contribution in [0.4, 0.5) is 11.5 Å². The molecule has 4 rings (SSSR count). The maximum absolute atomic E-state index is 12.6. The Morgan fingerprint density at radius 2 is 1.69 bits per heavy atom. The van der Waals surface area contributed by atoms with Crippen molar-refractivity contribution in [2.45, 2.75) is 19.8 Å². The molecule has 0 atom stereocenters. The van der Waals surface area contributed by atoms with Crippen molar-refractivity contribution in [2.24, 2.45) is 0 Å². The molecule has 0 aliphatic carbocycles. The molecule has 5 heteroatoms. The molecule has 32 heavy (non-hydrogen) atoms. The number of aromatic nitrogens is 2. The number of rotatable bonds is 8. The Hall–Kier alpha value is -3.99. The van der Waals surface area contributed by atoms with E-state index in [1.807, 2.05) is 60.7 Å². The van der Waals surface area contributed by atoms with E-state index in [0.29, 0.717) is 17.9 Å². The molecule has 0 saturated carbocycles. The van der Waals surface area contributed by atoms with Crippen molar-refractivity contribution in [3.8, 4) is 11.3 Å². The van der Waals surface area contributed by atoms with Gasteiger partial charge < -0.3 is 10.6 Å². The molecule has 0 fully saturated rings. The highest BCUT2D eigenvalue weighted by atomic mass is 16.1. The van der Waals surface area contributed by atoms with Gasteiger partial charge in [0.25, 0.3) is 5.91 Å². The molecule has 0 aliphatic rings. The van der Waals surface area contributed by atoms with E-state index in [-0.39, 0.29) is 5.91 Å². The van der Waals surface area contributed by atoms with Crippen molar-refractivity contribution in [1.82, 2.24) is 15.3 Å². The summed E-state index contributed by atoms with van der Waals surface area (Å²) in [4.78, 5) is 21.3. The average molecular weight is 423 g/mol. The van der Waals surface area contributed by atoms with Crippen molar-refractivity contribution in [1.29, 1.82) is 0 Å². The Labute approximate surface area is 188 Å². The van der Waals surface area contributed by atoms with Crippen LogP contribution in [0.3, 0.4) is 0 Å². The van der Waals surface area contributed by atoms with Crippen LogP contribution in [0.25, 0.3) is 11.3 Å². The number of carbonyl (C=O) groups is 1. The van der Waals surface area contributed by atoms with Gasteiger partial charge in [-0.25, -0.2) is 9.97 Å². The first kappa shape index (κ1) is 21.2. The summed E-state index contributed by atoms with van der Waals surface area (Å²) in [5, 5.41) is 6.28. The number of carbonyl (C=O) groups excluding carboxylic acids is 1. The van der Waals surface area contributed by atoms with Gasteiger partial charge in [-0.2, -0.15) is 0 Å². The van der Waals surface area contributed by atoms with E-state index in [9.17, 15) is 4.79 Å². The topological polar surface area (TPSA) is 66.9 Å². The van der Waals surface area contributed by atoms with E-state index >= 15 is 0 Å². The lowest BCUT2D eigenvalue weighted by Gasteiger charge is -2.10. The van der Waals surface area contributed by atoms with Gasteiger partial charge in [-0.1, -0.05) is 66.2 Å². The van der Waals surface area contributed by atoms with E-state index in [4.69, 9.17) is 0 Å². The molecule has 160 valence electrons. The lowest BCUT2D eigenvalue weighted by molar-refractivity contribution is 0.0953. The van der Waals surface area contributed by atoms with E-state index in [1.54, 1.807) is 6.33 Å². The predicted molar refractivity (Wildman–Crippen MR) is 129 cm³/mol. The first-order valence-electron chi connectivity index (χ1n) is 10.8. The zero-order chi connectivity index (χ0) is 22.2. The summed E-state index contributed by atoms with van der Waals surface area (Å²) >= 11 is 0. The summed E-state index contributed by atoms with van der Waals surface area (Å²) < 4.78 is 0. The van der Waals surface area contributed by atoms with Gasteiger partial charge in [0.1, 0.15) is 12.1 Å². The van der Waals surface area contributed by atoms with Crippen molar-refractivity contribution in [2.75, 3.05) is 11.9 Å². The summed E-state index contributed by atoms with van der Waals surface area (Å²) in [6, 6.07) is 27.8. The van der Waals surface area contributed by atoms with E-state index in [2.05, 4.69) is 51.8 Å². The normalized spacial score (nSPS) is 10.5. The fourth-order valence-corrected chi connectivity index (χ4v) is 3.44. The SMILES string of the molecule is Cc1ccc(-c2cc(Nc3cccc(C(=O)NCCCc4ccccc4)c3)ncn2)cc1. The van der Waals surface area contributed by atoms with Crippen molar-refractivity contribution < 1.29 is 4.79 Å². The highest BCUT2D eigenvalue weighted by Crippen LogP contribution is 2.22. The minimum Gasteiger partial charge on any atom is -0.352 e. The van der Waals surface area contributed by atoms with Gasteiger partial charge in [-0.15, -0.1) is 0 Å². The number of amides is 1. The average Bonchev–Trinajstić information content (AvgIpc) is 2.83. The third-order valence-corrected chi connectivity index (χ3v) is 5.18. The van der Waals surface area contributed by atoms with Gasteiger partial charge in [-0.3, -0.25) is 4.79 Å². The maximum Gasteiger partial charge on any atom is 0.251 e. The van der Waals surface area contributed by atoms with Crippen LogP contribution in [0.1, 0.15) is 27.9 Å². The van der Waals surface area contributed by atoms with Crippen LogP contribution < -0.4 is 10.6 Å². The Morgan fingerprint density at radius 1 is 0.875 bits per heavy atom. The van der Waals surface area contributed by atoms with Crippen LogP contribution in [0.5, 0.6) is 0 Å². The minimum absolute atomic E-state index is 0.0789. The minimum atomic E-state index is -0.0789. The second-order valence-corrected chi connectivity index (χ2v) is 7.71. The van der Waals surface area contributed by atoms with Crippen LogP contribution in [-0.2, 0) is 6.42 Å². The summed E-state index contributed by atoms with van der Waals surface area (Å²) in [5.41, 5.74) is 5.77. The lowest BCUT2D eigenvalue weighted by Crippen LogP contribution is -2.24. The molecule has 4 aromatic rings. The summed E-state index contributed by atoms with van der Waals surface area (Å²) in [5.74, 6) is 0.598. The van der Waals surface area contributed by atoms with Crippen LogP contribution in [0.2, 0.25) is 0 Å². The molecule has 5 nitrogen and oxygen atoms in total. The van der Waals surface area contributed by atoms with Crippen molar-refractivity contribution in [3.05, 3.63) is 108 Å². The van der Waals surface area contributed by atoms with Gasteiger partial charge in [-0.05, 0) is 43.5 Å². The predicted octanol–water partition coefficient (Wildman–Crippen LogP) is 5.56. The highest BCUT2D eigenvalue weighted by molar-refractivity contribution is 5.95. The second-order valence-electron chi connectivity index (χ2n) is 7.71. The van der Waals surface area contributed by atoms with E-state index in [0.717, 1.165) is 29.8 Å². The zero-order valence-corrected chi connectivity index (χ0v) is 18.1. The first-order valence-corrected chi connectivity index (χ1v) is 10.8. The quantitative estimate of drug-likeness (QED) is 0.365. The molecule has 0 radical (unpaired) electrons. The van der Waals surface area contributed by atoms with Gasteiger partial charge in [0.05, 0.1) is 5.69 Å². The van der Waals surface area contributed by atoms with Crippen LogP contribution >= 0.6 is 0 Å². The smallest absolute Gasteiger partial charge is 0.251 e. The number of benzene rings is 3. The molecule has 0 spiro atoms. The summed E-state index contributed by atoms with van der Waals surface area (Å²) in [7, 11) is 0. The largest absolute Gasteiger partial charge is 0.352 e. The van der Waals surface area contributed by atoms with Crippen molar-refractivity contribution in [3.63, 3.8) is 0 Å². The molecule has 0 aliphatic heterocycles. The van der Waals surface area contributed by atoms with Crippen molar-refractivity contribution >= 4 is 17.4 Å². The van der Waals surface area contributed by atoms with Gasteiger partial charge >= 0.3 is 0 Å². The van der Waals surface area contributed by atoms with E-state index < -0.39 is 0 Å². The Kier molecular flexibility index (Phi) is 6.88. The molecule has 0 bridgehead atoms. The second kappa shape index (κ2) is 10.4. The van der Waals surface area contributed by atoms with Crippen LogP contribution in [0, 0.1) is 6.92 Å². The van der Waals surface area contributed by atoms with E-state index in [1.165, 1.54) is 11.1 Å². The van der Waals surface area contributed by atoms with Crippen LogP contribution in [0.15, 0.2) is 91.3 Å². The monoisotopic (exact) mass is 422 g/mol. The zero-order valence-electron chi connectivity index (χ0n) is 18.1. The number of anilines is 2. The molecule has 0 saturated heterocycles. The van der Waals surface area contributed by atoms with Gasteiger partial charge in [0.2, 0.25) is 0 Å². The fraction of sp³-hybridized carbons (Fsp3) is 0.148. The summed E-state index contributed by atoms with van der Waals surface area (Å²) in [6.07, 6.45) is 3.39. The Morgan fingerprint density at radius 3 is 2.50 bits per heavy atom. The summed E-state index contributed by atoms with van der Waals surface area (Å²) in [6.45, 7) is 2.69. The maximum atomic E-state index is 12.6. The molecule has 2 N–H and O–H groups in total. The number of nitrogens with zero attached hydrogens (tertiary/aromatic N) is 2. The molecule has 1 aromatic heterocycles. The first-order chi connectivity index (χ1) is 15.7. The number of nitrogens with one attached hydrogen (secondary N) is 2. The molecule has 1 amide bonds. The number of hydrogen-bond acceptors (Lipinski definition) is 4. The molecule has 1 heterocycles. The Balaban J connectivity index is 1.36. The van der Waals surface area contributed by atoms with Gasteiger partial charge in [0, 0.05) is 29.4 Å². The lowest BCUT2D eigenvalue weighted by atomic mass is 10.1. The number of hydrogen-bond donors (Lipinski definition) is 2. The molecular formula is C27H26N4O. The van der Waals surface area contributed by atoms with Crippen LogP contribution in [-0.4, -0.2) is 22.4 Å². The molecular weight excluding hydrogens is 396 g/mol. The third kappa shape index (κ3) is 5.79. The standard InChI is InChI=1S/C27H26N4O/c1-20-12-14-22(15-13-20)25-18-26(30-19-29-25)31-24-11-5-10-23(17-24)27(32)28-16-6-9-21-7-3-2-4-8-21/h2-5,7-8,10-15,17-19H,6,9,16H2,1H3,(H,28,32)(H,29,30,31). The fourth-order valence-electron chi connectivity index (χ4n) is 3.44. The third-order valence-electron chi connectivity index (χ3n) is 5.18. The Bertz CT molecular complexity index is 1170. The molecule has 3 aromatic carbocycles. The van der Waals surface area contributed by atoms with Gasteiger partial charge in [0.15, 0.2) is 0 Å². The molecule has 0 unspecified atom stereocenters. The highest BCUT2D eigenvalue weighted by Gasteiger charge is 2.07.